The van der Waals surface area contributed by atoms with Crippen molar-refractivity contribution >= 4 is 28.1 Å². The van der Waals surface area contributed by atoms with Crippen LogP contribution >= 0.6 is 12.2 Å². The Morgan fingerprint density at radius 2 is 2.13 bits per heavy atom. The van der Waals surface area contributed by atoms with E-state index in [1.807, 2.05) is 30.3 Å². The van der Waals surface area contributed by atoms with Gasteiger partial charge in [-0.15, -0.1) is 0 Å². The van der Waals surface area contributed by atoms with Crippen molar-refractivity contribution in [1.82, 2.24) is 4.98 Å². The lowest BCUT2D eigenvalue weighted by Gasteiger charge is -2.03. The van der Waals surface area contributed by atoms with Crippen molar-refractivity contribution in [1.29, 1.82) is 0 Å². The van der Waals surface area contributed by atoms with E-state index in [1.165, 1.54) is 0 Å². The van der Waals surface area contributed by atoms with E-state index >= 15 is 0 Å². The third-order valence-electron chi connectivity index (χ3n) is 2.15. The van der Waals surface area contributed by atoms with Crippen LogP contribution in [0.3, 0.4) is 0 Å². The minimum absolute atomic E-state index is 0.313. The van der Waals surface area contributed by atoms with Crippen LogP contribution in [0.5, 0.6) is 5.75 Å². The zero-order valence-electron chi connectivity index (χ0n) is 8.23. The molecule has 76 valence electrons. The zero-order valence-corrected chi connectivity index (χ0v) is 9.04. The quantitative estimate of drug-likeness (QED) is 0.782. The molecule has 15 heavy (non-hydrogen) atoms. The molecule has 4 heteroatoms. The van der Waals surface area contributed by atoms with Gasteiger partial charge in [-0.05, 0) is 24.3 Å². The number of aromatic nitrogens is 1. The van der Waals surface area contributed by atoms with E-state index in [4.69, 9.17) is 22.7 Å². The fraction of sp³-hybridized carbons (Fsp3) is 0.0909. The van der Waals surface area contributed by atoms with E-state index in [2.05, 4.69) is 4.98 Å². The average molecular weight is 218 g/mol. The van der Waals surface area contributed by atoms with Crippen LogP contribution in [0, 0.1) is 0 Å². The Labute approximate surface area is 92.9 Å². The highest BCUT2D eigenvalue weighted by Gasteiger charge is 2.01. The molecule has 1 aromatic carbocycles. The zero-order chi connectivity index (χ0) is 10.8. The van der Waals surface area contributed by atoms with Crippen molar-refractivity contribution in [3.8, 4) is 5.75 Å². The van der Waals surface area contributed by atoms with Gasteiger partial charge in [0.05, 0.1) is 18.3 Å². The smallest absolute Gasteiger partial charge is 0.122 e. The first-order valence-electron chi connectivity index (χ1n) is 4.45. The fourth-order valence-corrected chi connectivity index (χ4v) is 1.48. The van der Waals surface area contributed by atoms with Crippen molar-refractivity contribution in [3.63, 3.8) is 0 Å². The van der Waals surface area contributed by atoms with Gasteiger partial charge in [-0.1, -0.05) is 18.3 Å². The molecule has 0 aliphatic carbocycles. The van der Waals surface area contributed by atoms with Gasteiger partial charge in [0, 0.05) is 5.39 Å². The van der Waals surface area contributed by atoms with Crippen molar-refractivity contribution in [3.05, 3.63) is 36.0 Å². The van der Waals surface area contributed by atoms with Crippen LogP contribution in [0.25, 0.3) is 10.9 Å². The summed E-state index contributed by atoms with van der Waals surface area (Å²) in [6.45, 7) is 0. The fourth-order valence-electron chi connectivity index (χ4n) is 1.37. The molecule has 0 saturated carbocycles. The van der Waals surface area contributed by atoms with Gasteiger partial charge in [0.1, 0.15) is 10.7 Å². The standard InChI is InChI=1S/C11H10N2OS/c1-14-8-3-5-9-7(6-8)2-4-10(13-9)11(12)15/h2-6H,1H3,(H2,12,15). The van der Waals surface area contributed by atoms with Gasteiger partial charge in [-0.2, -0.15) is 0 Å². The number of nitrogens with zero attached hydrogens (tertiary/aromatic N) is 1. The van der Waals surface area contributed by atoms with E-state index in [0.29, 0.717) is 10.7 Å². The second-order valence-corrected chi connectivity index (χ2v) is 3.56. The number of nitrogens with two attached hydrogens (primary N) is 1. The number of rotatable bonds is 2. The lowest BCUT2D eigenvalue weighted by molar-refractivity contribution is 0.415. The molecule has 2 rings (SSSR count). The molecular formula is C11H10N2OS. The van der Waals surface area contributed by atoms with Gasteiger partial charge in [0.2, 0.25) is 0 Å². The summed E-state index contributed by atoms with van der Waals surface area (Å²) in [6, 6.07) is 9.41. The molecule has 0 aliphatic rings. The van der Waals surface area contributed by atoms with Gasteiger partial charge in [0.25, 0.3) is 0 Å². The summed E-state index contributed by atoms with van der Waals surface area (Å²) in [7, 11) is 1.64. The summed E-state index contributed by atoms with van der Waals surface area (Å²) in [6.07, 6.45) is 0. The second kappa shape index (κ2) is 3.82. The second-order valence-electron chi connectivity index (χ2n) is 3.12. The van der Waals surface area contributed by atoms with Crippen molar-refractivity contribution in [2.24, 2.45) is 5.73 Å². The number of benzene rings is 1. The Hall–Kier alpha value is -1.68. The van der Waals surface area contributed by atoms with Gasteiger partial charge in [0.15, 0.2) is 0 Å². The van der Waals surface area contributed by atoms with Crippen molar-refractivity contribution < 1.29 is 4.74 Å². The molecule has 0 saturated heterocycles. The molecule has 2 aromatic rings. The Kier molecular flexibility index (Phi) is 2.51. The molecule has 0 radical (unpaired) electrons. The van der Waals surface area contributed by atoms with E-state index in [-0.39, 0.29) is 0 Å². The summed E-state index contributed by atoms with van der Waals surface area (Å²) in [5.41, 5.74) is 7.01. The lowest BCUT2D eigenvalue weighted by Crippen LogP contribution is -2.11. The van der Waals surface area contributed by atoms with E-state index < -0.39 is 0 Å². The van der Waals surface area contributed by atoms with E-state index in [1.54, 1.807) is 7.11 Å². The van der Waals surface area contributed by atoms with Crippen molar-refractivity contribution in [2.45, 2.75) is 0 Å². The summed E-state index contributed by atoms with van der Waals surface area (Å²) in [4.78, 5) is 4.64. The molecule has 0 spiro atoms. The first-order chi connectivity index (χ1) is 7.20. The third-order valence-corrected chi connectivity index (χ3v) is 2.36. The molecule has 0 bridgehead atoms. The van der Waals surface area contributed by atoms with Crippen LogP contribution in [0.4, 0.5) is 0 Å². The largest absolute Gasteiger partial charge is 0.497 e. The molecule has 3 nitrogen and oxygen atoms in total. The van der Waals surface area contributed by atoms with Crippen molar-refractivity contribution in [2.75, 3.05) is 7.11 Å². The molecule has 0 aliphatic heterocycles. The molecular weight excluding hydrogens is 208 g/mol. The molecule has 0 amide bonds. The highest BCUT2D eigenvalue weighted by molar-refractivity contribution is 7.80. The van der Waals surface area contributed by atoms with Crippen LogP contribution in [0.15, 0.2) is 30.3 Å². The summed E-state index contributed by atoms with van der Waals surface area (Å²) in [5.74, 6) is 0.812. The topological polar surface area (TPSA) is 48.1 Å². The van der Waals surface area contributed by atoms with Gasteiger partial charge < -0.3 is 10.5 Å². The van der Waals surface area contributed by atoms with Gasteiger partial charge >= 0.3 is 0 Å². The first-order valence-corrected chi connectivity index (χ1v) is 4.86. The van der Waals surface area contributed by atoms with Crippen LogP contribution in [0.2, 0.25) is 0 Å². The van der Waals surface area contributed by atoms with E-state index in [9.17, 15) is 0 Å². The highest BCUT2D eigenvalue weighted by Crippen LogP contribution is 2.19. The van der Waals surface area contributed by atoms with Gasteiger partial charge in [-0.25, -0.2) is 4.98 Å². The maximum Gasteiger partial charge on any atom is 0.122 e. The SMILES string of the molecule is COc1ccc2nc(C(N)=S)ccc2c1. The minimum atomic E-state index is 0.313. The van der Waals surface area contributed by atoms with Crippen LogP contribution < -0.4 is 10.5 Å². The number of methoxy groups -OCH3 is 1. The maximum atomic E-state index is 5.51. The number of fused-ring (bicyclic) bond motifs is 1. The van der Waals surface area contributed by atoms with E-state index in [0.717, 1.165) is 16.7 Å². The molecule has 0 fully saturated rings. The minimum Gasteiger partial charge on any atom is -0.497 e. The average Bonchev–Trinajstić information content (AvgIpc) is 2.27. The Morgan fingerprint density at radius 3 is 2.80 bits per heavy atom. The summed E-state index contributed by atoms with van der Waals surface area (Å²) >= 11 is 4.86. The molecule has 0 atom stereocenters. The van der Waals surface area contributed by atoms with Crippen LogP contribution in [-0.4, -0.2) is 17.1 Å². The van der Waals surface area contributed by atoms with Gasteiger partial charge in [-0.3, -0.25) is 0 Å². The normalized spacial score (nSPS) is 10.2. The Bertz CT molecular complexity index is 525. The summed E-state index contributed by atoms with van der Waals surface area (Å²) in [5, 5.41) is 1.01. The number of pyridine rings is 1. The Balaban J connectivity index is 2.59. The first kappa shape index (κ1) is 9.86. The van der Waals surface area contributed by atoms with Crippen LogP contribution in [0.1, 0.15) is 5.69 Å². The van der Waals surface area contributed by atoms with Crippen LogP contribution in [-0.2, 0) is 0 Å². The summed E-state index contributed by atoms with van der Waals surface area (Å²) < 4.78 is 5.12. The lowest BCUT2D eigenvalue weighted by atomic mass is 10.2. The third kappa shape index (κ3) is 1.89. The molecule has 0 unspecified atom stereocenters. The number of hydrogen-bond donors (Lipinski definition) is 1. The number of thiocarbonyl (C=S) groups is 1. The molecule has 2 N–H and O–H groups in total. The number of ether oxygens (including phenoxy) is 1. The molecule has 1 heterocycles. The molecule has 1 aromatic heterocycles. The highest BCUT2D eigenvalue weighted by atomic mass is 32.1. The Morgan fingerprint density at radius 1 is 1.33 bits per heavy atom. The predicted molar refractivity (Wildman–Crippen MR) is 64.2 cm³/mol. The number of hydrogen-bond acceptors (Lipinski definition) is 3. The maximum absolute atomic E-state index is 5.51. The monoisotopic (exact) mass is 218 g/mol. The predicted octanol–water partition coefficient (Wildman–Crippen LogP) is 1.88.